The number of hydrogen-bond acceptors (Lipinski definition) is 7. The molecule has 0 N–H and O–H groups in total. The fraction of sp³-hybridized carbons (Fsp3) is 0.435. The van der Waals surface area contributed by atoms with Gasteiger partial charge < -0.3 is 9.47 Å². The molecule has 1 fully saturated rings. The van der Waals surface area contributed by atoms with E-state index in [0.717, 1.165) is 11.3 Å². The van der Waals surface area contributed by atoms with Crippen molar-refractivity contribution in [3.05, 3.63) is 59.2 Å². The van der Waals surface area contributed by atoms with Gasteiger partial charge in [0.1, 0.15) is 11.9 Å². The normalized spacial score (nSPS) is 18.4. The number of hydrogen-bond donors (Lipinski definition) is 1. The molecule has 2 heterocycles. The van der Waals surface area contributed by atoms with Gasteiger partial charge in [0.05, 0.1) is 32.4 Å². The Kier molecular flexibility index (Phi) is 10.4. The van der Waals surface area contributed by atoms with Gasteiger partial charge in [-0.1, -0.05) is 18.2 Å². The molecule has 0 amide bonds. The summed E-state index contributed by atoms with van der Waals surface area (Å²) >= 11 is 4.70. The topological polar surface area (TPSA) is 73.7 Å². The van der Waals surface area contributed by atoms with Crippen LogP contribution in [0.25, 0.3) is 6.08 Å². The molecular weight excluding hydrogens is 469 g/mol. The summed E-state index contributed by atoms with van der Waals surface area (Å²) < 4.78 is 26.1. The summed E-state index contributed by atoms with van der Waals surface area (Å²) in [5.74, 6) is -1.21. The molecule has 10 heteroatoms. The van der Waals surface area contributed by atoms with Gasteiger partial charge in [0, 0.05) is 30.1 Å². The third-order valence-corrected chi connectivity index (χ3v) is 5.93. The number of halogens is 2. The molecule has 3 rings (SSSR count). The second kappa shape index (κ2) is 12.8. The third-order valence-electron chi connectivity index (χ3n) is 5.34. The van der Waals surface area contributed by atoms with Crippen molar-refractivity contribution in [3.8, 4) is 0 Å². The zero-order valence-corrected chi connectivity index (χ0v) is 20.4. The predicted molar refractivity (Wildman–Crippen MR) is 129 cm³/mol. The molecular formula is C23H29ClFN3O4S. The van der Waals surface area contributed by atoms with E-state index in [-0.39, 0.29) is 30.0 Å². The van der Waals surface area contributed by atoms with Gasteiger partial charge in [-0.05, 0) is 37.1 Å². The maximum atomic E-state index is 14.5. The number of aryl methyl sites for hydroxylation is 1. The minimum absolute atomic E-state index is 0. The summed E-state index contributed by atoms with van der Waals surface area (Å²) in [4.78, 5) is 26.0. The quantitative estimate of drug-likeness (QED) is 0.443. The van der Waals surface area contributed by atoms with Crippen molar-refractivity contribution in [1.29, 1.82) is 0 Å². The highest BCUT2D eigenvalue weighted by atomic mass is 35.5. The van der Waals surface area contributed by atoms with Crippen LogP contribution in [0.5, 0.6) is 0 Å². The minimum Gasteiger partial charge on any atom is -0.468 e. The highest BCUT2D eigenvalue weighted by Gasteiger charge is 2.34. The molecule has 1 aromatic carbocycles. The van der Waals surface area contributed by atoms with Crippen molar-refractivity contribution in [2.45, 2.75) is 37.6 Å². The summed E-state index contributed by atoms with van der Waals surface area (Å²) in [7, 11) is 1.31. The average Bonchev–Trinajstić information content (AvgIpc) is 3.23. The van der Waals surface area contributed by atoms with Gasteiger partial charge in [-0.3, -0.25) is 14.4 Å². The lowest BCUT2D eigenvalue weighted by Crippen LogP contribution is -2.42. The van der Waals surface area contributed by atoms with Crippen LogP contribution in [-0.4, -0.2) is 58.7 Å². The number of carbonyl (C=O) groups excluding carboxylic acids is 2. The zero-order chi connectivity index (χ0) is 23.1. The van der Waals surface area contributed by atoms with Gasteiger partial charge in [-0.25, -0.2) is 9.18 Å². The molecule has 1 aliphatic heterocycles. The number of thiol groups is 1. The number of aromatic nitrogens is 2. The zero-order valence-electron chi connectivity index (χ0n) is 18.6. The van der Waals surface area contributed by atoms with Crippen molar-refractivity contribution < 1.29 is 23.5 Å². The molecule has 7 nitrogen and oxygen atoms in total. The van der Waals surface area contributed by atoms with Crippen LogP contribution in [0.3, 0.4) is 0 Å². The van der Waals surface area contributed by atoms with Crippen molar-refractivity contribution in [2.24, 2.45) is 0 Å². The lowest BCUT2D eigenvalue weighted by atomic mass is 9.97. The monoisotopic (exact) mass is 497 g/mol. The maximum Gasteiger partial charge on any atom is 0.327 e. The number of benzene rings is 1. The first-order chi connectivity index (χ1) is 15.4. The Bertz CT molecular complexity index is 984. The van der Waals surface area contributed by atoms with E-state index in [9.17, 15) is 14.0 Å². The molecule has 0 unspecified atom stereocenters. The van der Waals surface area contributed by atoms with Crippen molar-refractivity contribution in [2.75, 3.05) is 26.8 Å². The molecule has 0 bridgehead atoms. The van der Waals surface area contributed by atoms with Gasteiger partial charge >= 0.3 is 11.9 Å². The minimum atomic E-state index is -0.840. The number of ether oxygens (including phenoxy) is 2. The van der Waals surface area contributed by atoms with Gasteiger partial charge in [0.15, 0.2) is 0 Å². The first-order valence-electron chi connectivity index (χ1n) is 10.6. The van der Waals surface area contributed by atoms with E-state index in [1.807, 2.05) is 17.0 Å². The molecule has 2 atom stereocenters. The lowest BCUT2D eigenvalue weighted by molar-refractivity contribution is -0.147. The standard InChI is InChI=1S/C23H28FN3O4S.ClH/c1-3-31-21(28)10-13-27-12-8-17(25-27)14-16-15-26(11-9-20(16)32)22(23(29)30-2)18-6-4-5-7-19(18)24;/h4-8,12,14,20,22,32H,3,9-11,13,15H2,1-2H3;1H/t20-,22-;/m1./s1. The van der Waals surface area contributed by atoms with Gasteiger partial charge in [0.25, 0.3) is 0 Å². The fourth-order valence-electron chi connectivity index (χ4n) is 3.74. The molecule has 0 aliphatic carbocycles. The number of methoxy groups -OCH3 is 1. The van der Waals surface area contributed by atoms with Crippen LogP contribution in [0.2, 0.25) is 0 Å². The highest BCUT2D eigenvalue weighted by Crippen LogP contribution is 2.31. The Morgan fingerprint density at radius 3 is 2.79 bits per heavy atom. The van der Waals surface area contributed by atoms with Crippen molar-refractivity contribution in [3.63, 3.8) is 0 Å². The Hall–Kier alpha value is -2.36. The van der Waals surface area contributed by atoms with E-state index in [1.54, 1.807) is 36.0 Å². The van der Waals surface area contributed by atoms with Crippen LogP contribution in [0.4, 0.5) is 4.39 Å². The van der Waals surface area contributed by atoms with E-state index < -0.39 is 17.8 Å². The Morgan fingerprint density at radius 2 is 2.09 bits per heavy atom. The molecule has 1 aliphatic rings. The summed E-state index contributed by atoms with van der Waals surface area (Å²) in [5.41, 5.74) is 1.99. The second-order valence-electron chi connectivity index (χ2n) is 7.50. The van der Waals surface area contributed by atoms with E-state index in [1.165, 1.54) is 13.2 Å². The predicted octanol–water partition coefficient (Wildman–Crippen LogP) is 3.70. The van der Waals surface area contributed by atoms with Gasteiger partial charge in [-0.15, -0.1) is 12.4 Å². The largest absolute Gasteiger partial charge is 0.468 e. The van der Waals surface area contributed by atoms with Gasteiger partial charge in [-0.2, -0.15) is 17.7 Å². The van der Waals surface area contributed by atoms with E-state index in [4.69, 9.17) is 22.1 Å². The molecule has 1 aromatic heterocycles. The number of piperidine rings is 1. The maximum absolute atomic E-state index is 14.5. The number of nitrogens with zero attached hydrogens (tertiary/aromatic N) is 3. The van der Waals surface area contributed by atoms with Crippen molar-refractivity contribution >= 4 is 43.1 Å². The van der Waals surface area contributed by atoms with Crippen LogP contribution in [-0.2, 0) is 25.6 Å². The van der Waals surface area contributed by atoms with Crippen LogP contribution < -0.4 is 0 Å². The van der Waals surface area contributed by atoms with Crippen LogP contribution >= 0.6 is 25.0 Å². The van der Waals surface area contributed by atoms with E-state index in [2.05, 4.69) is 5.10 Å². The molecule has 0 spiro atoms. The van der Waals surface area contributed by atoms with Crippen molar-refractivity contribution in [1.82, 2.24) is 14.7 Å². The van der Waals surface area contributed by atoms with Gasteiger partial charge in [0.2, 0.25) is 0 Å². The lowest BCUT2D eigenvalue weighted by Gasteiger charge is -2.36. The SMILES string of the molecule is CCOC(=O)CCn1ccc(C=C2CN([C@@H](C(=O)OC)c3ccccc3F)CC[C@H]2S)n1.Cl. The Balaban J connectivity index is 0.00000385. The number of likely N-dealkylation sites (tertiary alicyclic amines) is 1. The molecule has 0 radical (unpaired) electrons. The number of rotatable bonds is 8. The number of esters is 2. The fourth-order valence-corrected chi connectivity index (χ4v) is 4.02. The highest BCUT2D eigenvalue weighted by molar-refractivity contribution is 7.81. The molecule has 1 saturated heterocycles. The van der Waals surface area contributed by atoms with Crippen LogP contribution in [0.1, 0.15) is 37.1 Å². The summed E-state index contributed by atoms with van der Waals surface area (Å²) in [6, 6.07) is 7.27. The summed E-state index contributed by atoms with van der Waals surface area (Å²) in [6.07, 6.45) is 4.68. The van der Waals surface area contributed by atoms with E-state index in [0.29, 0.717) is 38.2 Å². The first-order valence-corrected chi connectivity index (χ1v) is 11.1. The van der Waals surface area contributed by atoms with E-state index >= 15 is 0 Å². The smallest absolute Gasteiger partial charge is 0.327 e. The Labute approximate surface area is 204 Å². The Morgan fingerprint density at radius 1 is 1.33 bits per heavy atom. The molecule has 33 heavy (non-hydrogen) atoms. The third kappa shape index (κ3) is 7.06. The van der Waals surface area contributed by atoms with Crippen LogP contribution in [0, 0.1) is 5.82 Å². The molecule has 0 saturated carbocycles. The molecule has 2 aromatic rings. The second-order valence-corrected chi connectivity index (χ2v) is 8.12. The first kappa shape index (κ1) is 26.9. The average molecular weight is 498 g/mol. The molecule has 180 valence electrons. The summed E-state index contributed by atoms with van der Waals surface area (Å²) in [5, 5.41) is 4.49. The van der Waals surface area contributed by atoms with Crippen LogP contribution in [0.15, 0.2) is 42.1 Å². The number of carbonyl (C=O) groups is 2. The summed E-state index contributed by atoms with van der Waals surface area (Å²) in [6.45, 7) is 3.56.